The fourth-order valence-corrected chi connectivity index (χ4v) is 4.08. The number of aliphatic hydroxyl groups is 1. The van der Waals surface area contributed by atoms with Gasteiger partial charge in [-0.15, -0.1) is 0 Å². The second kappa shape index (κ2) is 8.75. The van der Waals surface area contributed by atoms with Gasteiger partial charge < -0.3 is 19.2 Å². The SMILES string of the molecule is COc1ccc(/C(O)=C2/C(=O)C(=O)N(Cc3ccco3)C2c2ccccc2)cc1C(C)C. The van der Waals surface area contributed by atoms with Crippen molar-refractivity contribution in [2.45, 2.75) is 32.4 Å². The number of carbonyl (C=O) groups excluding carboxylic acids is 2. The molecule has 1 aliphatic heterocycles. The molecule has 2 aromatic carbocycles. The number of benzene rings is 2. The maximum atomic E-state index is 13.1. The van der Waals surface area contributed by atoms with Gasteiger partial charge in [0.1, 0.15) is 17.3 Å². The molecule has 1 unspecified atom stereocenters. The second-order valence-corrected chi connectivity index (χ2v) is 8.03. The topological polar surface area (TPSA) is 80.0 Å². The molecule has 3 aromatic rings. The molecule has 6 heteroatoms. The first-order chi connectivity index (χ1) is 15.4. The summed E-state index contributed by atoms with van der Waals surface area (Å²) < 4.78 is 10.8. The summed E-state index contributed by atoms with van der Waals surface area (Å²) in [5.74, 6) is -0.194. The first kappa shape index (κ1) is 21.4. The number of furan rings is 1. The average Bonchev–Trinajstić information content (AvgIpc) is 3.41. The van der Waals surface area contributed by atoms with Crippen molar-refractivity contribution in [2.24, 2.45) is 0 Å². The molecule has 6 nitrogen and oxygen atoms in total. The highest BCUT2D eigenvalue weighted by atomic mass is 16.5. The van der Waals surface area contributed by atoms with E-state index in [0.29, 0.717) is 17.1 Å². The Kier molecular flexibility index (Phi) is 5.86. The Labute approximate surface area is 186 Å². The van der Waals surface area contributed by atoms with Gasteiger partial charge in [0.15, 0.2) is 0 Å². The molecule has 0 aliphatic carbocycles. The lowest BCUT2D eigenvalue weighted by Crippen LogP contribution is -2.29. The smallest absolute Gasteiger partial charge is 0.296 e. The van der Waals surface area contributed by atoms with Crippen molar-refractivity contribution in [1.82, 2.24) is 4.90 Å². The van der Waals surface area contributed by atoms with Crippen LogP contribution in [-0.2, 0) is 16.1 Å². The van der Waals surface area contributed by atoms with Crippen molar-refractivity contribution in [1.29, 1.82) is 0 Å². The minimum Gasteiger partial charge on any atom is -0.507 e. The van der Waals surface area contributed by atoms with E-state index in [1.54, 1.807) is 37.4 Å². The van der Waals surface area contributed by atoms with E-state index in [1.165, 1.54) is 11.2 Å². The molecule has 0 spiro atoms. The fourth-order valence-electron chi connectivity index (χ4n) is 4.08. The van der Waals surface area contributed by atoms with Crippen molar-refractivity contribution >= 4 is 17.4 Å². The number of likely N-dealkylation sites (tertiary alicyclic amines) is 1. The lowest BCUT2D eigenvalue weighted by molar-refractivity contribution is -0.140. The molecule has 164 valence electrons. The van der Waals surface area contributed by atoms with Crippen LogP contribution in [0.25, 0.3) is 5.76 Å². The van der Waals surface area contributed by atoms with Gasteiger partial charge in [-0.3, -0.25) is 9.59 Å². The zero-order valence-corrected chi connectivity index (χ0v) is 18.2. The van der Waals surface area contributed by atoms with E-state index in [0.717, 1.165) is 11.1 Å². The summed E-state index contributed by atoms with van der Waals surface area (Å²) in [6.45, 7) is 4.16. The van der Waals surface area contributed by atoms with Crippen molar-refractivity contribution in [2.75, 3.05) is 7.11 Å². The Hall–Kier alpha value is -3.80. The van der Waals surface area contributed by atoms with Gasteiger partial charge in [-0.05, 0) is 47.4 Å². The molecule has 1 aromatic heterocycles. The third-order valence-electron chi connectivity index (χ3n) is 5.69. The quantitative estimate of drug-likeness (QED) is 0.336. The van der Waals surface area contributed by atoms with Crippen molar-refractivity contribution in [3.05, 3.63) is 95.0 Å². The molecule has 2 heterocycles. The number of ketones is 1. The number of hydrogen-bond acceptors (Lipinski definition) is 5. The molecule has 32 heavy (non-hydrogen) atoms. The molecular formula is C26H25NO5. The Balaban J connectivity index is 1.87. The molecule has 1 aliphatic rings. The monoisotopic (exact) mass is 431 g/mol. The molecule has 1 atom stereocenters. The van der Waals surface area contributed by atoms with Crippen LogP contribution in [-0.4, -0.2) is 28.8 Å². The molecule has 0 radical (unpaired) electrons. The van der Waals surface area contributed by atoms with Crippen LogP contribution in [0.15, 0.2) is 76.9 Å². The van der Waals surface area contributed by atoms with Crippen LogP contribution in [0.1, 0.15) is 48.3 Å². The first-order valence-corrected chi connectivity index (χ1v) is 10.5. The van der Waals surface area contributed by atoms with Crippen LogP contribution in [0.2, 0.25) is 0 Å². The molecule has 4 rings (SSSR count). The number of methoxy groups -OCH3 is 1. The number of amides is 1. The van der Waals surface area contributed by atoms with E-state index in [-0.39, 0.29) is 23.8 Å². The van der Waals surface area contributed by atoms with Gasteiger partial charge in [-0.1, -0.05) is 44.2 Å². The summed E-state index contributed by atoms with van der Waals surface area (Å²) in [4.78, 5) is 27.6. The van der Waals surface area contributed by atoms with E-state index >= 15 is 0 Å². The van der Waals surface area contributed by atoms with Gasteiger partial charge in [0, 0.05) is 5.56 Å². The summed E-state index contributed by atoms with van der Waals surface area (Å²) in [6, 6.07) is 17.2. The van der Waals surface area contributed by atoms with Gasteiger partial charge in [0.05, 0.1) is 31.5 Å². The molecule has 0 saturated carbocycles. The predicted octanol–water partition coefficient (Wildman–Crippen LogP) is 5.03. The van der Waals surface area contributed by atoms with Gasteiger partial charge in [0.25, 0.3) is 11.7 Å². The predicted molar refractivity (Wildman–Crippen MR) is 120 cm³/mol. The lowest BCUT2D eigenvalue weighted by Gasteiger charge is -2.24. The van der Waals surface area contributed by atoms with Crippen LogP contribution < -0.4 is 4.74 Å². The van der Waals surface area contributed by atoms with Crippen molar-refractivity contribution in [3.63, 3.8) is 0 Å². The number of carbonyl (C=O) groups is 2. The first-order valence-electron chi connectivity index (χ1n) is 10.5. The summed E-state index contributed by atoms with van der Waals surface area (Å²) in [6.07, 6.45) is 1.52. The molecule has 0 bridgehead atoms. The van der Waals surface area contributed by atoms with Gasteiger partial charge in [0.2, 0.25) is 0 Å². The number of ether oxygens (including phenoxy) is 1. The van der Waals surface area contributed by atoms with Gasteiger partial charge in [-0.2, -0.15) is 0 Å². The van der Waals surface area contributed by atoms with Crippen LogP contribution in [0.5, 0.6) is 5.75 Å². The zero-order chi connectivity index (χ0) is 22.8. The van der Waals surface area contributed by atoms with Crippen molar-refractivity contribution in [3.8, 4) is 5.75 Å². The Morgan fingerprint density at radius 3 is 2.47 bits per heavy atom. The molecule has 1 fully saturated rings. The number of Topliss-reactive ketones (excluding diaryl/α,β-unsaturated/α-hetero) is 1. The maximum Gasteiger partial charge on any atom is 0.296 e. The Bertz CT molecular complexity index is 1160. The van der Waals surface area contributed by atoms with Crippen molar-refractivity contribution < 1.29 is 23.8 Å². The van der Waals surface area contributed by atoms with Crippen LogP contribution >= 0.6 is 0 Å². The third kappa shape index (κ3) is 3.80. The normalized spacial score (nSPS) is 17.9. The zero-order valence-electron chi connectivity index (χ0n) is 18.2. The summed E-state index contributed by atoms with van der Waals surface area (Å²) in [5.41, 5.74) is 2.16. The highest BCUT2D eigenvalue weighted by Gasteiger charge is 2.46. The molecular weight excluding hydrogens is 406 g/mol. The highest BCUT2D eigenvalue weighted by Crippen LogP contribution is 2.41. The highest BCUT2D eigenvalue weighted by molar-refractivity contribution is 6.46. The number of hydrogen-bond donors (Lipinski definition) is 1. The van der Waals surface area contributed by atoms with Gasteiger partial charge >= 0.3 is 0 Å². The fraction of sp³-hybridized carbons (Fsp3) is 0.231. The molecule has 1 saturated heterocycles. The van der Waals surface area contributed by atoms with E-state index in [1.807, 2.05) is 44.2 Å². The lowest BCUT2D eigenvalue weighted by atomic mass is 9.93. The molecule has 1 N–H and O–H groups in total. The standard InChI is InChI=1S/C26H25NO5/c1-16(2)20-14-18(11-12-21(20)31-3)24(28)22-23(17-8-5-4-6-9-17)27(26(30)25(22)29)15-19-10-7-13-32-19/h4-14,16,23,28H,15H2,1-3H3/b24-22-. The third-order valence-corrected chi connectivity index (χ3v) is 5.69. The van der Waals surface area contributed by atoms with Crippen LogP contribution in [0.3, 0.4) is 0 Å². The second-order valence-electron chi connectivity index (χ2n) is 8.03. The number of aliphatic hydroxyl groups excluding tert-OH is 1. The average molecular weight is 431 g/mol. The Morgan fingerprint density at radius 1 is 1.09 bits per heavy atom. The summed E-state index contributed by atoms with van der Waals surface area (Å²) >= 11 is 0. The number of rotatable bonds is 6. The van der Waals surface area contributed by atoms with E-state index in [2.05, 4.69) is 0 Å². The van der Waals surface area contributed by atoms with Crippen LogP contribution in [0.4, 0.5) is 0 Å². The number of nitrogens with zero attached hydrogens (tertiary/aromatic N) is 1. The van der Waals surface area contributed by atoms with E-state index < -0.39 is 17.7 Å². The van der Waals surface area contributed by atoms with E-state index in [4.69, 9.17) is 9.15 Å². The maximum absolute atomic E-state index is 13.1. The van der Waals surface area contributed by atoms with E-state index in [9.17, 15) is 14.7 Å². The minimum absolute atomic E-state index is 0.0626. The molecule has 1 amide bonds. The Morgan fingerprint density at radius 2 is 1.84 bits per heavy atom. The summed E-state index contributed by atoms with van der Waals surface area (Å²) in [7, 11) is 1.59. The van der Waals surface area contributed by atoms with Gasteiger partial charge in [-0.25, -0.2) is 0 Å². The minimum atomic E-state index is -0.731. The summed E-state index contributed by atoms with van der Waals surface area (Å²) in [5, 5.41) is 11.3. The van der Waals surface area contributed by atoms with Crippen LogP contribution in [0, 0.1) is 0 Å². The largest absolute Gasteiger partial charge is 0.507 e.